The van der Waals surface area contributed by atoms with E-state index < -0.39 is 5.60 Å². The molecule has 0 aromatic rings. The number of hydrogen-bond acceptors (Lipinski definition) is 1. The van der Waals surface area contributed by atoms with Crippen LogP contribution in [0.25, 0.3) is 0 Å². The highest BCUT2D eigenvalue weighted by Gasteiger charge is 2.40. The van der Waals surface area contributed by atoms with Crippen LogP contribution in [-0.4, -0.2) is 10.7 Å². The lowest BCUT2D eigenvalue weighted by Gasteiger charge is -2.45. The number of hydrogen-bond donors (Lipinski definition) is 1. The molecule has 92 valence electrons. The van der Waals surface area contributed by atoms with Crippen LogP contribution in [0.4, 0.5) is 0 Å². The van der Waals surface area contributed by atoms with E-state index in [4.69, 9.17) is 0 Å². The molecule has 1 saturated carbocycles. The molecule has 0 spiro atoms. The van der Waals surface area contributed by atoms with Crippen LogP contribution in [0.5, 0.6) is 0 Å². The SMILES string of the molecule is CC1=C2C[C@@H](C)CC[C@H]2[C@H](C(C)(C)O)CC1. The number of aliphatic hydroxyl groups is 1. The monoisotopic (exact) mass is 222 g/mol. The Bertz CT molecular complexity index is 295. The summed E-state index contributed by atoms with van der Waals surface area (Å²) in [5.41, 5.74) is 2.81. The largest absolute Gasteiger partial charge is 0.390 e. The van der Waals surface area contributed by atoms with Crippen molar-refractivity contribution in [3.63, 3.8) is 0 Å². The Hall–Kier alpha value is -0.300. The standard InChI is InChI=1S/C15H26O/c1-10-5-7-12-13(9-10)11(2)6-8-14(12)15(3,4)16/h10,12,14,16H,5-9H2,1-4H3/t10-,12+,14+/m0/s1. The molecular formula is C15H26O. The van der Waals surface area contributed by atoms with E-state index in [0.717, 1.165) is 5.92 Å². The summed E-state index contributed by atoms with van der Waals surface area (Å²) in [5.74, 6) is 2.01. The van der Waals surface area contributed by atoms with Gasteiger partial charge in [0, 0.05) is 0 Å². The second-order valence-electron chi connectivity index (χ2n) is 6.60. The molecule has 0 amide bonds. The molecule has 1 heteroatoms. The molecule has 0 bridgehead atoms. The lowest BCUT2D eigenvalue weighted by atomic mass is 9.62. The van der Waals surface area contributed by atoms with E-state index in [-0.39, 0.29) is 0 Å². The molecule has 2 aliphatic carbocycles. The van der Waals surface area contributed by atoms with Crippen molar-refractivity contribution in [2.75, 3.05) is 0 Å². The lowest BCUT2D eigenvalue weighted by molar-refractivity contribution is -0.0175. The first-order chi connectivity index (χ1) is 7.39. The molecule has 0 unspecified atom stereocenters. The third kappa shape index (κ3) is 2.20. The number of rotatable bonds is 1. The van der Waals surface area contributed by atoms with Gasteiger partial charge in [0.15, 0.2) is 0 Å². The fourth-order valence-electron chi connectivity index (χ4n) is 3.78. The Morgan fingerprint density at radius 3 is 2.50 bits per heavy atom. The molecule has 3 atom stereocenters. The number of fused-ring (bicyclic) bond motifs is 1. The van der Waals surface area contributed by atoms with Gasteiger partial charge in [-0.1, -0.05) is 18.1 Å². The van der Waals surface area contributed by atoms with Crippen molar-refractivity contribution in [2.45, 2.75) is 65.4 Å². The summed E-state index contributed by atoms with van der Waals surface area (Å²) in [6.45, 7) is 8.66. The van der Waals surface area contributed by atoms with Gasteiger partial charge >= 0.3 is 0 Å². The molecule has 0 radical (unpaired) electrons. The fourth-order valence-corrected chi connectivity index (χ4v) is 3.78. The van der Waals surface area contributed by atoms with Crippen LogP contribution in [0.1, 0.15) is 59.8 Å². The summed E-state index contributed by atoms with van der Waals surface area (Å²) in [4.78, 5) is 0. The zero-order chi connectivity index (χ0) is 11.9. The van der Waals surface area contributed by atoms with Crippen LogP contribution in [0.15, 0.2) is 11.1 Å². The van der Waals surface area contributed by atoms with Gasteiger partial charge < -0.3 is 5.11 Å². The number of allylic oxidation sites excluding steroid dienone is 2. The fraction of sp³-hybridized carbons (Fsp3) is 0.867. The molecule has 0 saturated heterocycles. The average Bonchev–Trinajstić information content (AvgIpc) is 2.17. The first-order valence-corrected chi connectivity index (χ1v) is 6.80. The molecule has 1 fully saturated rings. The van der Waals surface area contributed by atoms with Crippen molar-refractivity contribution in [2.24, 2.45) is 17.8 Å². The van der Waals surface area contributed by atoms with Gasteiger partial charge in [-0.15, -0.1) is 0 Å². The molecule has 2 rings (SSSR count). The van der Waals surface area contributed by atoms with Crippen LogP contribution in [0.3, 0.4) is 0 Å². The van der Waals surface area contributed by atoms with Gasteiger partial charge in [0.2, 0.25) is 0 Å². The van der Waals surface area contributed by atoms with Gasteiger partial charge in [-0.05, 0) is 70.6 Å². The van der Waals surface area contributed by atoms with Crippen LogP contribution in [-0.2, 0) is 0 Å². The predicted octanol–water partition coefficient (Wildman–Crippen LogP) is 3.92. The first kappa shape index (κ1) is 12.2. The van der Waals surface area contributed by atoms with Crippen LogP contribution in [0, 0.1) is 17.8 Å². The Kier molecular flexibility index (Phi) is 3.18. The Morgan fingerprint density at radius 1 is 1.19 bits per heavy atom. The van der Waals surface area contributed by atoms with Crippen molar-refractivity contribution in [1.29, 1.82) is 0 Å². The third-order valence-corrected chi connectivity index (χ3v) is 4.76. The minimum absolute atomic E-state index is 0.485. The Balaban J connectivity index is 2.25. The van der Waals surface area contributed by atoms with Gasteiger partial charge in [0.1, 0.15) is 0 Å². The van der Waals surface area contributed by atoms with E-state index in [1.165, 1.54) is 32.1 Å². The maximum Gasteiger partial charge on any atom is 0.0625 e. The Labute approximate surface area is 99.9 Å². The maximum atomic E-state index is 10.3. The van der Waals surface area contributed by atoms with Crippen molar-refractivity contribution in [1.82, 2.24) is 0 Å². The third-order valence-electron chi connectivity index (χ3n) is 4.76. The van der Waals surface area contributed by atoms with Crippen LogP contribution in [0.2, 0.25) is 0 Å². The van der Waals surface area contributed by atoms with Crippen LogP contribution >= 0.6 is 0 Å². The first-order valence-electron chi connectivity index (χ1n) is 6.80. The van der Waals surface area contributed by atoms with E-state index in [9.17, 15) is 5.11 Å². The zero-order valence-corrected chi connectivity index (χ0v) is 11.2. The Morgan fingerprint density at radius 2 is 1.88 bits per heavy atom. The summed E-state index contributed by atoms with van der Waals surface area (Å²) in [5, 5.41) is 10.3. The molecule has 1 N–H and O–H groups in total. The predicted molar refractivity (Wildman–Crippen MR) is 68.2 cm³/mol. The van der Waals surface area contributed by atoms with E-state index >= 15 is 0 Å². The highest BCUT2D eigenvalue weighted by atomic mass is 16.3. The van der Waals surface area contributed by atoms with Crippen molar-refractivity contribution >= 4 is 0 Å². The second-order valence-corrected chi connectivity index (χ2v) is 6.60. The molecule has 0 aromatic heterocycles. The van der Waals surface area contributed by atoms with Crippen molar-refractivity contribution in [3.8, 4) is 0 Å². The van der Waals surface area contributed by atoms with Gasteiger partial charge in [-0.25, -0.2) is 0 Å². The maximum absolute atomic E-state index is 10.3. The van der Waals surface area contributed by atoms with Gasteiger partial charge in [-0.2, -0.15) is 0 Å². The minimum Gasteiger partial charge on any atom is -0.390 e. The van der Waals surface area contributed by atoms with Gasteiger partial charge in [0.05, 0.1) is 5.60 Å². The summed E-state index contributed by atoms with van der Waals surface area (Å²) in [6.07, 6.45) is 6.30. The molecule has 2 aliphatic rings. The minimum atomic E-state index is -0.503. The van der Waals surface area contributed by atoms with Crippen LogP contribution < -0.4 is 0 Å². The zero-order valence-electron chi connectivity index (χ0n) is 11.2. The van der Waals surface area contributed by atoms with E-state index in [1.54, 1.807) is 11.1 Å². The van der Waals surface area contributed by atoms with E-state index in [0.29, 0.717) is 11.8 Å². The van der Waals surface area contributed by atoms with E-state index in [2.05, 4.69) is 13.8 Å². The molecule has 0 aliphatic heterocycles. The summed E-state index contributed by atoms with van der Waals surface area (Å²) in [6, 6.07) is 0. The molecule has 16 heavy (non-hydrogen) atoms. The summed E-state index contributed by atoms with van der Waals surface area (Å²) in [7, 11) is 0. The normalized spacial score (nSPS) is 36.2. The van der Waals surface area contributed by atoms with E-state index in [1.807, 2.05) is 13.8 Å². The smallest absolute Gasteiger partial charge is 0.0625 e. The highest BCUT2D eigenvalue weighted by Crippen LogP contribution is 2.48. The van der Waals surface area contributed by atoms with Gasteiger partial charge in [0.25, 0.3) is 0 Å². The molecule has 0 heterocycles. The topological polar surface area (TPSA) is 20.2 Å². The second kappa shape index (κ2) is 4.18. The summed E-state index contributed by atoms with van der Waals surface area (Å²) < 4.78 is 0. The van der Waals surface area contributed by atoms with Crippen molar-refractivity contribution < 1.29 is 5.11 Å². The quantitative estimate of drug-likeness (QED) is 0.667. The molecule has 0 aromatic carbocycles. The molecular weight excluding hydrogens is 196 g/mol. The average molecular weight is 222 g/mol. The highest BCUT2D eigenvalue weighted by molar-refractivity contribution is 5.23. The van der Waals surface area contributed by atoms with Crippen molar-refractivity contribution in [3.05, 3.63) is 11.1 Å². The summed E-state index contributed by atoms with van der Waals surface area (Å²) >= 11 is 0. The molecule has 1 nitrogen and oxygen atoms in total. The lowest BCUT2D eigenvalue weighted by Crippen LogP contribution is -2.40. The van der Waals surface area contributed by atoms with Gasteiger partial charge in [-0.3, -0.25) is 0 Å².